The average molecular weight is 300 g/mol. The Bertz CT molecular complexity index is 567. The summed E-state index contributed by atoms with van der Waals surface area (Å²) in [5.74, 6) is 0.260. The molecule has 0 aromatic carbocycles. The van der Waals surface area contributed by atoms with Gasteiger partial charge < -0.3 is 5.73 Å². The molecule has 2 atom stereocenters. The summed E-state index contributed by atoms with van der Waals surface area (Å²) in [7, 11) is -3.47. The summed E-state index contributed by atoms with van der Waals surface area (Å²) < 4.78 is 28.6. The van der Waals surface area contributed by atoms with Gasteiger partial charge in [-0.1, -0.05) is 13.3 Å². The minimum Gasteiger partial charge on any atom is -0.326 e. The first kappa shape index (κ1) is 15.5. The van der Waals surface area contributed by atoms with Gasteiger partial charge in [0.05, 0.1) is 11.9 Å². The summed E-state index contributed by atoms with van der Waals surface area (Å²) in [5, 5.41) is 4.13. The fourth-order valence-electron chi connectivity index (χ4n) is 2.87. The van der Waals surface area contributed by atoms with Crippen molar-refractivity contribution in [2.75, 3.05) is 13.1 Å². The van der Waals surface area contributed by atoms with Gasteiger partial charge in [-0.05, 0) is 26.2 Å². The molecule has 1 aliphatic heterocycles. The van der Waals surface area contributed by atoms with E-state index in [1.807, 2.05) is 6.92 Å². The molecule has 114 valence electrons. The molecular formula is C13H24N4O2S. The molecule has 0 spiro atoms. The minimum absolute atomic E-state index is 0.0637. The maximum absolute atomic E-state index is 12.7. The largest absolute Gasteiger partial charge is 0.326 e. The molecule has 1 saturated heterocycles. The highest BCUT2D eigenvalue weighted by molar-refractivity contribution is 7.89. The number of hydrogen-bond donors (Lipinski definition) is 1. The lowest BCUT2D eigenvalue weighted by Gasteiger charge is -2.16. The molecule has 0 unspecified atom stereocenters. The van der Waals surface area contributed by atoms with Crippen molar-refractivity contribution in [1.82, 2.24) is 14.1 Å². The van der Waals surface area contributed by atoms with Crippen LogP contribution in [-0.4, -0.2) is 41.6 Å². The third-order valence-corrected chi connectivity index (χ3v) is 6.03. The highest BCUT2D eigenvalue weighted by Crippen LogP contribution is 2.27. The Morgan fingerprint density at radius 3 is 2.65 bits per heavy atom. The van der Waals surface area contributed by atoms with Crippen molar-refractivity contribution in [3.63, 3.8) is 0 Å². The van der Waals surface area contributed by atoms with Gasteiger partial charge in [0.15, 0.2) is 0 Å². The van der Waals surface area contributed by atoms with Gasteiger partial charge in [0.25, 0.3) is 0 Å². The van der Waals surface area contributed by atoms with Crippen LogP contribution in [0.25, 0.3) is 0 Å². The predicted octanol–water partition coefficient (Wildman–Crippen LogP) is 0.959. The van der Waals surface area contributed by atoms with Crippen molar-refractivity contribution >= 4 is 10.0 Å². The Labute approximate surface area is 121 Å². The summed E-state index contributed by atoms with van der Waals surface area (Å²) in [4.78, 5) is 0.309. The van der Waals surface area contributed by atoms with Crippen LogP contribution in [0.15, 0.2) is 11.1 Å². The first-order valence-electron chi connectivity index (χ1n) is 7.19. The summed E-state index contributed by atoms with van der Waals surface area (Å²) in [6.45, 7) is 7.43. The van der Waals surface area contributed by atoms with Crippen LogP contribution in [0.3, 0.4) is 0 Å². The Morgan fingerprint density at radius 2 is 2.10 bits per heavy atom. The van der Waals surface area contributed by atoms with E-state index in [1.54, 1.807) is 11.6 Å². The molecule has 1 aromatic heterocycles. The zero-order chi connectivity index (χ0) is 14.9. The van der Waals surface area contributed by atoms with E-state index in [9.17, 15) is 8.42 Å². The van der Waals surface area contributed by atoms with Gasteiger partial charge in [-0.15, -0.1) is 0 Å². The second kappa shape index (κ2) is 5.83. The Morgan fingerprint density at radius 1 is 1.40 bits per heavy atom. The number of sulfonamides is 1. The number of rotatable bonds is 5. The van der Waals surface area contributed by atoms with Gasteiger partial charge in [0.1, 0.15) is 4.90 Å². The standard InChI is InChI=1S/C13H24N4O2S/c1-4-6-11-8-16(9-12(11)14)20(18,19)13-7-15-17(5-2)10(13)3/h7,11-12H,4-6,8-9,14H2,1-3H3/t11-,12-/m1/s1. The van der Waals surface area contributed by atoms with Crippen LogP contribution in [0.4, 0.5) is 0 Å². The number of hydrogen-bond acceptors (Lipinski definition) is 4. The molecule has 20 heavy (non-hydrogen) atoms. The van der Waals surface area contributed by atoms with Crippen molar-refractivity contribution in [1.29, 1.82) is 0 Å². The van der Waals surface area contributed by atoms with E-state index in [2.05, 4.69) is 12.0 Å². The number of nitrogens with two attached hydrogens (primary N) is 1. The van der Waals surface area contributed by atoms with E-state index in [4.69, 9.17) is 5.73 Å². The van der Waals surface area contributed by atoms with Crippen LogP contribution >= 0.6 is 0 Å². The molecule has 1 fully saturated rings. The molecule has 7 heteroatoms. The monoisotopic (exact) mass is 300 g/mol. The predicted molar refractivity (Wildman–Crippen MR) is 77.8 cm³/mol. The Balaban J connectivity index is 2.25. The third-order valence-electron chi connectivity index (χ3n) is 4.09. The number of aromatic nitrogens is 2. The van der Waals surface area contributed by atoms with Crippen molar-refractivity contribution in [3.8, 4) is 0 Å². The van der Waals surface area contributed by atoms with Crippen LogP contribution in [0.5, 0.6) is 0 Å². The third kappa shape index (κ3) is 2.62. The quantitative estimate of drug-likeness (QED) is 0.878. The van der Waals surface area contributed by atoms with Gasteiger partial charge in [-0.2, -0.15) is 9.40 Å². The summed E-state index contributed by atoms with van der Waals surface area (Å²) in [5.41, 5.74) is 6.77. The highest BCUT2D eigenvalue weighted by Gasteiger charge is 2.38. The first-order chi connectivity index (χ1) is 9.41. The lowest BCUT2D eigenvalue weighted by molar-refractivity contribution is 0.438. The van der Waals surface area contributed by atoms with Gasteiger partial charge >= 0.3 is 0 Å². The van der Waals surface area contributed by atoms with Crippen LogP contribution in [-0.2, 0) is 16.6 Å². The SMILES string of the molecule is CCC[C@@H]1CN(S(=O)(=O)c2cnn(CC)c2C)C[C@H]1N. The fourth-order valence-corrected chi connectivity index (χ4v) is 4.56. The van der Waals surface area contributed by atoms with Crippen LogP contribution in [0.2, 0.25) is 0 Å². The Kier molecular flexibility index (Phi) is 4.51. The zero-order valence-electron chi connectivity index (χ0n) is 12.4. The molecule has 0 saturated carbocycles. The van der Waals surface area contributed by atoms with Crippen LogP contribution in [0.1, 0.15) is 32.4 Å². The fraction of sp³-hybridized carbons (Fsp3) is 0.769. The maximum Gasteiger partial charge on any atom is 0.246 e. The first-order valence-corrected chi connectivity index (χ1v) is 8.63. The minimum atomic E-state index is -3.47. The van der Waals surface area contributed by atoms with E-state index in [1.165, 1.54) is 10.5 Å². The van der Waals surface area contributed by atoms with E-state index in [0.717, 1.165) is 12.8 Å². The molecule has 0 amide bonds. The van der Waals surface area contributed by atoms with Gasteiger partial charge in [-0.3, -0.25) is 4.68 Å². The molecule has 2 N–H and O–H groups in total. The van der Waals surface area contributed by atoms with Crippen LogP contribution < -0.4 is 5.73 Å². The molecule has 6 nitrogen and oxygen atoms in total. The number of nitrogens with zero attached hydrogens (tertiary/aromatic N) is 3. The molecule has 0 radical (unpaired) electrons. The van der Waals surface area contributed by atoms with Gasteiger partial charge in [0, 0.05) is 25.7 Å². The molecule has 0 bridgehead atoms. The highest BCUT2D eigenvalue weighted by atomic mass is 32.2. The Hall–Kier alpha value is -0.920. The number of aryl methyl sites for hydroxylation is 1. The molecule has 2 heterocycles. The second-order valence-electron chi connectivity index (χ2n) is 5.44. The lowest BCUT2D eigenvalue weighted by atomic mass is 9.99. The molecule has 1 aliphatic rings. The molecule has 2 rings (SSSR count). The van der Waals surface area contributed by atoms with E-state index in [-0.39, 0.29) is 12.0 Å². The van der Waals surface area contributed by atoms with Crippen LogP contribution in [0, 0.1) is 12.8 Å². The van der Waals surface area contributed by atoms with Crippen molar-refractivity contribution in [3.05, 3.63) is 11.9 Å². The van der Waals surface area contributed by atoms with E-state index in [0.29, 0.717) is 30.2 Å². The van der Waals surface area contributed by atoms with Gasteiger partial charge in [-0.25, -0.2) is 8.42 Å². The van der Waals surface area contributed by atoms with E-state index < -0.39 is 10.0 Å². The normalized spacial score (nSPS) is 24.4. The lowest BCUT2D eigenvalue weighted by Crippen LogP contribution is -2.32. The summed E-state index contributed by atoms with van der Waals surface area (Å²) in [6, 6.07) is -0.0637. The summed E-state index contributed by atoms with van der Waals surface area (Å²) in [6.07, 6.45) is 3.45. The van der Waals surface area contributed by atoms with Crippen molar-refractivity contribution in [2.45, 2.75) is 51.1 Å². The summed E-state index contributed by atoms with van der Waals surface area (Å²) >= 11 is 0. The zero-order valence-corrected chi connectivity index (χ0v) is 13.2. The van der Waals surface area contributed by atoms with Crippen molar-refractivity contribution < 1.29 is 8.42 Å². The van der Waals surface area contributed by atoms with Gasteiger partial charge in [0.2, 0.25) is 10.0 Å². The second-order valence-corrected chi connectivity index (χ2v) is 7.35. The average Bonchev–Trinajstić information content (AvgIpc) is 2.94. The molecular weight excluding hydrogens is 276 g/mol. The topological polar surface area (TPSA) is 81.2 Å². The van der Waals surface area contributed by atoms with E-state index >= 15 is 0 Å². The smallest absolute Gasteiger partial charge is 0.246 e. The maximum atomic E-state index is 12.7. The molecule has 1 aromatic rings. The molecule has 0 aliphatic carbocycles. The van der Waals surface area contributed by atoms with Crippen molar-refractivity contribution in [2.24, 2.45) is 11.7 Å².